The smallest absolute Gasteiger partial charge is 0.308 e. The van der Waals surface area contributed by atoms with Crippen molar-refractivity contribution < 1.29 is 51.7 Å². The van der Waals surface area contributed by atoms with Crippen LogP contribution in [0.2, 0.25) is 0 Å². The fourth-order valence-corrected chi connectivity index (χ4v) is 1.03. The zero-order chi connectivity index (χ0) is 15.6. The Morgan fingerprint density at radius 2 is 1.47 bits per heavy atom. The Morgan fingerprint density at radius 3 is 1.74 bits per heavy atom. The van der Waals surface area contributed by atoms with Crippen molar-refractivity contribution in [2.24, 2.45) is 0 Å². The summed E-state index contributed by atoms with van der Waals surface area (Å²) in [7, 11) is 4.33. The SMILES string of the molecule is CCCCC(C)(O)CC(=O)OC.CO.CO.CO.[Ti]. The van der Waals surface area contributed by atoms with Gasteiger partial charge in [-0.05, 0) is 13.3 Å². The van der Waals surface area contributed by atoms with E-state index < -0.39 is 5.60 Å². The summed E-state index contributed by atoms with van der Waals surface area (Å²) in [5.74, 6) is -0.351. The first kappa shape index (κ1) is 31.4. The second kappa shape index (κ2) is 26.6. The minimum Gasteiger partial charge on any atom is -0.469 e. The molecule has 118 valence electrons. The zero-order valence-electron chi connectivity index (χ0n) is 12.9. The molecule has 0 fully saturated rings. The molecule has 0 heterocycles. The van der Waals surface area contributed by atoms with Crippen LogP contribution in [0.15, 0.2) is 0 Å². The van der Waals surface area contributed by atoms with Crippen LogP contribution in [0.3, 0.4) is 0 Å². The van der Waals surface area contributed by atoms with E-state index in [0.29, 0.717) is 6.42 Å². The largest absolute Gasteiger partial charge is 0.469 e. The van der Waals surface area contributed by atoms with Gasteiger partial charge in [0.2, 0.25) is 0 Å². The van der Waals surface area contributed by atoms with Gasteiger partial charge in [-0.25, -0.2) is 0 Å². The van der Waals surface area contributed by atoms with Gasteiger partial charge in [-0.1, -0.05) is 19.8 Å². The molecule has 6 nitrogen and oxygen atoms in total. The molecule has 4 N–H and O–H groups in total. The number of hydrogen-bond donors (Lipinski definition) is 4. The van der Waals surface area contributed by atoms with Gasteiger partial charge in [0.1, 0.15) is 0 Å². The van der Waals surface area contributed by atoms with Crippen molar-refractivity contribution in [3.8, 4) is 0 Å². The number of ether oxygens (including phenoxy) is 1. The van der Waals surface area contributed by atoms with Crippen LogP contribution >= 0.6 is 0 Å². The molecular weight excluding hydrogens is 288 g/mol. The fourth-order valence-electron chi connectivity index (χ4n) is 1.03. The molecule has 0 aromatic heterocycles. The van der Waals surface area contributed by atoms with E-state index in [1.807, 2.05) is 6.92 Å². The van der Waals surface area contributed by atoms with Crippen LogP contribution in [0.5, 0.6) is 0 Å². The Balaban J connectivity index is -0.0000000816. The Hall–Kier alpha value is 0.0243. The second-order valence-corrected chi connectivity index (χ2v) is 3.35. The Kier molecular flexibility index (Phi) is 43.9. The van der Waals surface area contributed by atoms with Crippen molar-refractivity contribution in [2.75, 3.05) is 28.4 Å². The number of rotatable bonds is 5. The van der Waals surface area contributed by atoms with Gasteiger partial charge >= 0.3 is 5.97 Å². The number of unbranched alkanes of at least 4 members (excludes halogenated alkanes) is 1. The van der Waals surface area contributed by atoms with Gasteiger partial charge in [0, 0.05) is 43.0 Å². The molecular formula is C12H30O6Ti. The molecule has 1 unspecified atom stereocenters. The van der Waals surface area contributed by atoms with Crippen molar-refractivity contribution in [1.82, 2.24) is 0 Å². The van der Waals surface area contributed by atoms with E-state index in [1.165, 1.54) is 7.11 Å². The van der Waals surface area contributed by atoms with Crippen molar-refractivity contribution in [2.45, 2.75) is 45.1 Å². The zero-order valence-corrected chi connectivity index (χ0v) is 14.5. The number of carbonyl (C=O) groups excluding carboxylic acids is 1. The Labute approximate surface area is 131 Å². The van der Waals surface area contributed by atoms with Gasteiger partial charge in [-0.3, -0.25) is 4.79 Å². The maximum Gasteiger partial charge on any atom is 0.308 e. The van der Waals surface area contributed by atoms with Crippen molar-refractivity contribution >= 4 is 5.97 Å². The number of esters is 1. The number of aliphatic hydroxyl groups is 4. The fraction of sp³-hybridized carbons (Fsp3) is 0.917. The van der Waals surface area contributed by atoms with Gasteiger partial charge < -0.3 is 25.2 Å². The topological polar surface area (TPSA) is 107 Å². The number of aliphatic hydroxyl groups excluding tert-OH is 3. The summed E-state index contributed by atoms with van der Waals surface area (Å²) >= 11 is 0. The van der Waals surface area contributed by atoms with Gasteiger partial charge in [-0.2, -0.15) is 0 Å². The third kappa shape index (κ3) is 32.0. The molecule has 0 bridgehead atoms. The predicted octanol–water partition coefficient (Wildman–Crippen LogP) is 0.314. The molecule has 0 rings (SSSR count). The summed E-state index contributed by atoms with van der Waals surface area (Å²) in [4.78, 5) is 10.8. The molecule has 0 saturated heterocycles. The molecule has 7 heteroatoms. The number of hydrogen-bond acceptors (Lipinski definition) is 6. The van der Waals surface area contributed by atoms with Crippen LogP contribution in [0.1, 0.15) is 39.5 Å². The van der Waals surface area contributed by atoms with Gasteiger partial charge in [-0.15, -0.1) is 0 Å². The summed E-state index contributed by atoms with van der Waals surface area (Å²) in [6.07, 6.45) is 2.70. The summed E-state index contributed by atoms with van der Waals surface area (Å²) < 4.78 is 4.47. The average Bonchev–Trinajstić information content (AvgIpc) is 2.42. The normalized spacial score (nSPS) is 10.6. The van der Waals surface area contributed by atoms with Crippen LogP contribution in [0.4, 0.5) is 0 Å². The minimum atomic E-state index is -0.900. The monoisotopic (exact) mass is 318 g/mol. The van der Waals surface area contributed by atoms with Crippen LogP contribution in [0.25, 0.3) is 0 Å². The molecule has 0 aliphatic heterocycles. The maximum absolute atomic E-state index is 10.8. The van der Waals surface area contributed by atoms with Gasteiger partial charge in [0.15, 0.2) is 0 Å². The number of carbonyl (C=O) groups is 1. The molecule has 0 radical (unpaired) electrons. The molecule has 0 spiro atoms. The Bertz CT molecular complexity index is 153. The molecule has 0 amide bonds. The number of methoxy groups -OCH3 is 1. The van der Waals surface area contributed by atoms with E-state index in [-0.39, 0.29) is 34.1 Å². The van der Waals surface area contributed by atoms with Gasteiger partial charge in [0.05, 0.1) is 19.1 Å². The Morgan fingerprint density at radius 1 is 1.11 bits per heavy atom. The van der Waals surface area contributed by atoms with E-state index in [9.17, 15) is 9.90 Å². The standard InChI is InChI=1S/C9H18O3.3CH4O.Ti/c1-4-5-6-9(2,11)7-8(10)12-3;3*1-2;/h11H,4-7H2,1-3H3;3*2H,1H3;. The molecule has 1 atom stereocenters. The van der Waals surface area contributed by atoms with Crippen LogP contribution in [-0.2, 0) is 31.2 Å². The minimum absolute atomic E-state index is 0. The molecule has 19 heavy (non-hydrogen) atoms. The first-order valence-corrected chi connectivity index (χ1v) is 5.65. The third-order valence-electron chi connectivity index (χ3n) is 1.82. The molecule has 0 aliphatic carbocycles. The maximum atomic E-state index is 10.8. The average molecular weight is 318 g/mol. The van der Waals surface area contributed by atoms with E-state index in [1.54, 1.807) is 6.92 Å². The van der Waals surface area contributed by atoms with E-state index in [0.717, 1.165) is 34.2 Å². The second-order valence-electron chi connectivity index (χ2n) is 3.35. The quantitative estimate of drug-likeness (QED) is 0.429. The van der Waals surface area contributed by atoms with Crippen molar-refractivity contribution in [3.63, 3.8) is 0 Å². The molecule has 0 aromatic carbocycles. The predicted molar refractivity (Wildman–Crippen MR) is 71.2 cm³/mol. The van der Waals surface area contributed by atoms with E-state index >= 15 is 0 Å². The first-order valence-electron chi connectivity index (χ1n) is 5.65. The molecule has 0 aliphatic rings. The first-order chi connectivity index (χ1) is 8.52. The van der Waals surface area contributed by atoms with E-state index in [4.69, 9.17) is 15.3 Å². The third-order valence-corrected chi connectivity index (χ3v) is 1.82. The molecule has 0 aromatic rings. The van der Waals surface area contributed by atoms with Crippen molar-refractivity contribution in [3.05, 3.63) is 0 Å². The molecule has 0 saturated carbocycles. The summed E-state index contributed by atoms with van der Waals surface area (Å²) in [5.41, 5.74) is -0.900. The van der Waals surface area contributed by atoms with Crippen molar-refractivity contribution in [1.29, 1.82) is 0 Å². The summed E-state index contributed by atoms with van der Waals surface area (Å²) in [5, 5.41) is 30.6. The van der Waals surface area contributed by atoms with Gasteiger partial charge in [0.25, 0.3) is 0 Å². The van der Waals surface area contributed by atoms with E-state index in [2.05, 4.69) is 4.74 Å². The summed E-state index contributed by atoms with van der Waals surface area (Å²) in [6.45, 7) is 3.72. The van der Waals surface area contributed by atoms with Crippen LogP contribution in [0, 0.1) is 0 Å². The van der Waals surface area contributed by atoms with Crippen LogP contribution in [-0.4, -0.2) is 60.4 Å². The summed E-state index contributed by atoms with van der Waals surface area (Å²) in [6, 6.07) is 0. The van der Waals surface area contributed by atoms with Crippen LogP contribution < -0.4 is 0 Å².